The van der Waals surface area contributed by atoms with Crippen LogP contribution in [0, 0.1) is 5.82 Å². The second-order valence-corrected chi connectivity index (χ2v) is 14.0. The van der Waals surface area contributed by atoms with Crippen LogP contribution in [0.1, 0.15) is 50.6 Å². The molecule has 1 amide bonds. The van der Waals surface area contributed by atoms with Crippen molar-refractivity contribution in [3.8, 4) is 0 Å². The number of piperazine rings is 1. The minimum Gasteiger partial charge on any atom is -0.379 e. The molecule has 0 saturated carbocycles. The zero-order valence-electron chi connectivity index (χ0n) is 26.7. The van der Waals surface area contributed by atoms with Crippen LogP contribution < -0.4 is 15.9 Å². The number of ether oxygens (including phenoxy) is 2. The summed E-state index contributed by atoms with van der Waals surface area (Å²) in [6.45, 7) is 15.0. The average Bonchev–Trinajstić information content (AvgIpc) is 3.44. The number of hydrogen-bond donors (Lipinski definition) is 1. The highest BCUT2D eigenvalue weighted by atomic mass is 19.1. The number of nitrogens with one attached hydrogen (secondary N) is 1. The van der Waals surface area contributed by atoms with Crippen molar-refractivity contribution in [1.82, 2.24) is 29.3 Å². The highest BCUT2D eigenvalue weighted by molar-refractivity contribution is 5.98. The molecule has 0 radical (unpaired) electrons. The van der Waals surface area contributed by atoms with Crippen LogP contribution in [0.25, 0.3) is 5.65 Å². The lowest BCUT2D eigenvalue weighted by Gasteiger charge is -2.43. The molecule has 7 rings (SSSR count). The number of benzene rings is 1. The maximum absolute atomic E-state index is 14.3. The molecule has 1 N–H and O–H groups in total. The van der Waals surface area contributed by atoms with E-state index in [0.29, 0.717) is 44.4 Å². The summed E-state index contributed by atoms with van der Waals surface area (Å²) in [7, 11) is 0. The first kappa shape index (κ1) is 30.5. The fraction of sp³-hybridized carbons (Fsp3) is 0.606. The first-order valence-electron chi connectivity index (χ1n) is 16.2. The number of carbonyl (C=O) groups excluding carboxylic acids is 1. The molecule has 0 spiro atoms. The van der Waals surface area contributed by atoms with Gasteiger partial charge in [0.25, 0.3) is 0 Å². The van der Waals surface area contributed by atoms with E-state index in [2.05, 4.69) is 42.8 Å². The predicted molar refractivity (Wildman–Crippen MR) is 169 cm³/mol. The number of hydrogen-bond acceptors (Lipinski definition) is 8. The van der Waals surface area contributed by atoms with Crippen molar-refractivity contribution in [2.45, 2.75) is 63.7 Å². The molecule has 1 aromatic carbocycles. The zero-order chi connectivity index (χ0) is 31.5. The van der Waals surface area contributed by atoms with E-state index >= 15 is 0 Å². The quantitative estimate of drug-likeness (QED) is 0.427. The Kier molecular flexibility index (Phi) is 8.06. The number of pyridine rings is 1. The first-order chi connectivity index (χ1) is 21.6. The van der Waals surface area contributed by atoms with Crippen molar-refractivity contribution in [3.05, 3.63) is 63.5 Å². The molecule has 3 aromatic rings. The number of aromatic nitrogens is 3. The van der Waals surface area contributed by atoms with Crippen LogP contribution in [0.4, 0.5) is 10.1 Å². The van der Waals surface area contributed by atoms with Crippen molar-refractivity contribution < 1.29 is 18.7 Å². The lowest BCUT2D eigenvalue weighted by Crippen LogP contribution is -2.62. The highest BCUT2D eigenvalue weighted by Gasteiger charge is 2.43. The summed E-state index contributed by atoms with van der Waals surface area (Å²) in [5.41, 5.74) is 3.16. The lowest BCUT2D eigenvalue weighted by molar-refractivity contribution is -0.121. The van der Waals surface area contributed by atoms with Crippen molar-refractivity contribution in [2.75, 3.05) is 70.6 Å². The SMILES string of the molecule is C[C@@H]1CN(CC(=O)N2CC(C)(C)c3c2cc(Cc2ccc(F)cc2)c2nn(C4COC4)c(=O)n32)[C@@H](CN2CCOC[C@H]2C)CN1. The highest BCUT2D eigenvalue weighted by Crippen LogP contribution is 2.42. The maximum atomic E-state index is 14.3. The van der Waals surface area contributed by atoms with Crippen molar-refractivity contribution in [1.29, 1.82) is 0 Å². The Morgan fingerprint density at radius 3 is 2.60 bits per heavy atom. The normalized spacial score (nSPS) is 25.9. The number of halogens is 1. The van der Waals surface area contributed by atoms with Crippen LogP contribution in [-0.4, -0.2) is 114 Å². The molecule has 11 nitrogen and oxygen atoms in total. The van der Waals surface area contributed by atoms with Crippen LogP contribution in [0.5, 0.6) is 0 Å². The third-order valence-electron chi connectivity index (χ3n) is 9.94. The lowest BCUT2D eigenvalue weighted by atomic mass is 9.90. The number of fused-ring (bicyclic) bond motifs is 3. The summed E-state index contributed by atoms with van der Waals surface area (Å²) in [6.07, 6.45) is 0.451. The summed E-state index contributed by atoms with van der Waals surface area (Å²) in [5, 5.41) is 8.43. The summed E-state index contributed by atoms with van der Waals surface area (Å²) in [6, 6.07) is 9.12. The van der Waals surface area contributed by atoms with Crippen LogP contribution in [-0.2, 0) is 26.1 Å². The van der Waals surface area contributed by atoms with Gasteiger partial charge in [-0.1, -0.05) is 26.0 Å². The van der Waals surface area contributed by atoms with E-state index in [1.165, 1.54) is 16.8 Å². The molecule has 45 heavy (non-hydrogen) atoms. The standard InChI is InChI=1S/C33H44FN7O4/c1-21-14-38(26(13-35-21)15-37-9-10-44-17-22(37)2)16-29(42)39-20-33(3,4)30-28(39)12-24(11-23-5-7-25(34)8-6-23)31-36-41(27-18-45-19-27)32(43)40(30)31/h5-8,12,21-22,26-27,35H,9-11,13-20H2,1-4H3/t21-,22-,26-/m1/s1. The van der Waals surface area contributed by atoms with Gasteiger partial charge in [0.15, 0.2) is 5.65 Å². The predicted octanol–water partition coefficient (Wildman–Crippen LogP) is 1.80. The second kappa shape index (κ2) is 11.9. The number of morpholine rings is 1. The number of amides is 1. The largest absolute Gasteiger partial charge is 0.379 e. The zero-order valence-corrected chi connectivity index (χ0v) is 26.7. The topological polar surface area (TPSA) is 96.6 Å². The molecule has 242 valence electrons. The van der Waals surface area contributed by atoms with Crippen LogP contribution in [0.3, 0.4) is 0 Å². The third kappa shape index (κ3) is 5.71. The van der Waals surface area contributed by atoms with Gasteiger partial charge in [-0.15, -0.1) is 5.10 Å². The van der Waals surface area contributed by atoms with E-state index < -0.39 is 5.41 Å². The minimum absolute atomic E-state index is 0.0240. The molecular weight excluding hydrogens is 577 g/mol. The summed E-state index contributed by atoms with van der Waals surface area (Å²) >= 11 is 0. The minimum atomic E-state index is -0.481. The van der Waals surface area contributed by atoms with Gasteiger partial charge < -0.3 is 19.7 Å². The Morgan fingerprint density at radius 2 is 1.89 bits per heavy atom. The summed E-state index contributed by atoms with van der Waals surface area (Å²) in [5.74, 6) is -0.277. The molecule has 2 aromatic heterocycles. The van der Waals surface area contributed by atoms with Gasteiger partial charge in [0.1, 0.15) is 11.9 Å². The molecule has 4 aliphatic rings. The molecule has 0 bridgehead atoms. The van der Waals surface area contributed by atoms with Gasteiger partial charge in [-0.25, -0.2) is 18.3 Å². The van der Waals surface area contributed by atoms with E-state index in [1.807, 2.05) is 11.0 Å². The number of nitrogens with zero attached hydrogens (tertiary/aromatic N) is 6. The molecule has 12 heteroatoms. The fourth-order valence-electron chi connectivity index (χ4n) is 7.36. The van der Waals surface area contributed by atoms with Crippen molar-refractivity contribution >= 4 is 17.2 Å². The Bertz CT molecular complexity index is 1630. The molecule has 0 unspecified atom stereocenters. The van der Waals surface area contributed by atoms with Gasteiger partial charge in [-0.3, -0.25) is 14.6 Å². The molecular formula is C33H44FN7O4. The van der Waals surface area contributed by atoms with E-state index in [0.717, 1.165) is 61.9 Å². The van der Waals surface area contributed by atoms with Crippen LogP contribution >= 0.6 is 0 Å². The fourth-order valence-corrected chi connectivity index (χ4v) is 7.36. The third-order valence-corrected chi connectivity index (χ3v) is 9.94. The smallest absolute Gasteiger partial charge is 0.351 e. The maximum Gasteiger partial charge on any atom is 0.351 e. The Hall–Kier alpha value is -3.16. The average molecular weight is 622 g/mol. The molecule has 3 atom stereocenters. The van der Waals surface area contributed by atoms with Crippen molar-refractivity contribution in [3.63, 3.8) is 0 Å². The Balaban J connectivity index is 1.24. The van der Waals surface area contributed by atoms with Crippen molar-refractivity contribution in [2.24, 2.45) is 0 Å². The molecule has 4 aliphatic heterocycles. The summed E-state index contributed by atoms with van der Waals surface area (Å²) < 4.78 is 28.0. The van der Waals surface area contributed by atoms with Gasteiger partial charge in [-0.2, -0.15) is 0 Å². The Labute approximate surface area is 262 Å². The first-order valence-corrected chi connectivity index (χ1v) is 16.2. The van der Waals surface area contributed by atoms with E-state index in [9.17, 15) is 14.0 Å². The molecule has 3 fully saturated rings. The summed E-state index contributed by atoms with van der Waals surface area (Å²) in [4.78, 5) is 35.0. The van der Waals surface area contributed by atoms with Gasteiger partial charge in [0.2, 0.25) is 5.91 Å². The van der Waals surface area contributed by atoms with E-state index in [4.69, 9.17) is 14.6 Å². The van der Waals surface area contributed by atoms with Gasteiger partial charge in [0.05, 0.1) is 44.4 Å². The van der Waals surface area contributed by atoms with E-state index in [-0.39, 0.29) is 35.5 Å². The second-order valence-electron chi connectivity index (χ2n) is 14.0. The van der Waals surface area contributed by atoms with Crippen LogP contribution in [0.15, 0.2) is 35.1 Å². The van der Waals surface area contributed by atoms with Crippen LogP contribution in [0.2, 0.25) is 0 Å². The van der Waals surface area contributed by atoms with Gasteiger partial charge in [-0.05, 0) is 37.6 Å². The van der Waals surface area contributed by atoms with Gasteiger partial charge >= 0.3 is 5.69 Å². The molecule has 0 aliphatic carbocycles. The Morgan fingerprint density at radius 1 is 1.11 bits per heavy atom. The molecule has 6 heterocycles. The number of carbonyl (C=O) groups is 1. The monoisotopic (exact) mass is 621 g/mol. The number of rotatable bonds is 7. The van der Waals surface area contributed by atoms with E-state index in [1.54, 1.807) is 16.5 Å². The molecule has 3 saturated heterocycles. The number of anilines is 1. The van der Waals surface area contributed by atoms with Gasteiger partial charge in [0, 0.05) is 68.2 Å².